The van der Waals surface area contributed by atoms with E-state index in [-0.39, 0.29) is 0 Å². The number of hydrogen-bond acceptors (Lipinski definition) is 22. The van der Waals surface area contributed by atoms with Crippen LogP contribution in [0, 0.1) is 69.2 Å². The molecule has 0 N–H and O–H groups in total. The first-order valence-electron chi connectivity index (χ1n) is 31.0. The SMILES string of the molecule is CC.CC.CC.CC.CC.CC.CC.CC.CC.CC.Cc1cccnn1.Cc1ccncc1.Cc1ccncn1.Cc1ccnnc1.Cc1cnccn1.Cc1cncnc1.Cc1cncnn1.Cc1cnncn1.Cc1ncccn1.Cc1ncncn1. The van der Waals surface area contributed by atoms with E-state index in [4.69, 9.17) is 0 Å². The first kappa shape index (κ1) is 103. The molecule has 22 heteroatoms. The van der Waals surface area contributed by atoms with E-state index in [1.165, 1.54) is 43.5 Å². The van der Waals surface area contributed by atoms with Crippen molar-refractivity contribution in [1.82, 2.24) is 111 Å². The van der Waals surface area contributed by atoms with Gasteiger partial charge in [-0.1, -0.05) is 138 Å². The number of nitrogens with zero attached hydrogens (tertiary/aromatic N) is 22. The summed E-state index contributed by atoms with van der Waals surface area (Å²) in [4.78, 5) is 53.1. The molecule has 0 radical (unpaired) electrons. The highest BCUT2D eigenvalue weighted by Gasteiger charge is 1.80. The van der Waals surface area contributed by atoms with Crippen LogP contribution >= 0.6 is 0 Å². The standard InChI is InChI=1S/C6H7N.6C5H6N2.3C4H5N3.10C2H6/c1-6-2-4-7-5-3-6;1-5-2-6-4-7-3-5;1-5-4-6-2-3-7-5;1-5-2-3-6-4-7-5;1-5-2-3-6-7-4-5;1-5-6-3-2-4-7-5;1-5-3-2-4-6-7-5;1-4-6-2-5-3-7-4;1-4-2-6-7-3-5-4;1-4-2-5-3-6-7-4;10*1-2/h2-5H,1H3;6*2-4H,1H3;3*2-3H,1H3;10*1-2H3. The van der Waals surface area contributed by atoms with E-state index in [2.05, 4.69) is 111 Å². The second-order valence-electron chi connectivity index (χ2n) is 13.4. The molecule has 0 amide bonds. The van der Waals surface area contributed by atoms with E-state index in [1.807, 2.05) is 244 Å². The minimum absolute atomic E-state index is 0.759. The van der Waals surface area contributed by atoms with Gasteiger partial charge in [0, 0.05) is 80.1 Å². The molecule has 0 aliphatic rings. The van der Waals surface area contributed by atoms with Gasteiger partial charge in [-0.3, -0.25) is 15.0 Å². The minimum atomic E-state index is 0.759. The Morgan fingerprint density at radius 3 is 0.889 bits per heavy atom. The molecule has 0 saturated carbocycles. The fraction of sp³-hybridized carbons (Fsp3) is 0.441. The fourth-order valence-electron chi connectivity index (χ4n) is 3.55. The van der Waals surface area contributed by atoms with Crippen LogP contribution in [0.3, 0.4) is 0 Å². The molecule has 0 bridgehead atoms. The molecular weight excluding hydrogens is 1120 g/mol. The number of pyridine rings is 1. The second-order valence-corrected chi connectivity index (χ2v) is 13.4. The monoisotopic (exact) mass is 1240 g/mol. The van der Waals surface area contributed by atoms with Crippen LogP contribution in [0.4, 0.5) is 0 Å². The van der Waals surface area contributed by atoms with E-state index in [1.54, 1.807) is 99.0 Å². The van der Waals surface area contributed by atoms with Crippen molar-refractivity contribution in [1.29, 1.82) is 0 Å². The first-order chi connectivity index (χ1) is 43.9. The molecule has 0 aliphatic heterocycles. The summed E-state index contributed by atoms with van der Waals surface area (Å²) < 4.78 is 0. The van der Waals surface area contributed by atoms with Gasteiger partial charge in [0.2, 0.25) is 0 Å². The van der Waals surface area contributed by atoms with Gasteiger partial charge in [-0.05, 0) is 128 Å². The Bertz CT molecular complexity index is 1990. The molecule has 10 heterocycles. The molecule has 0 atom stereocenters. The van der Waals surface area contributed by atoms with Gasteiger partial charge in [0.25, 0.3) is 0 Å². The van der Waals surface area contributed by atoms with Crippen molar-refractivity contribution >= 4 is 0 Å². The molecule has 0 spiro atoms. The smallest absolute Gasteiger partial charge is 0.138 e. The highest BCUT2D eigenvalue weighted by molar-refractivity contribution is 5.06. The Balaban J connectivity index is -0.0000000957. The largest absolute Gasteiger partial charge is 0.265 e. The van der Waals surface area contributed by atoms with Crippen LogP contribution in [0.2, 0.25) is 0 Å². The number of aromatic nitrogens is 22. The molecule has 0 aromatic carbocycles. The Kier molecular flexibility index (Phi) is 112. The zero-order valence-electron chi connectivity index (χ0n) is 61.0. The molecule has 10 rings (SSSR count). The van der Waals surface area contributed by atoms with Crippen molar-refractivity contribution in [3.63, 3.8) is 0 Å². The van der Waals surface area contributed by atoms with Gasteiger partial charge in [-0.25, -0.2) is 54.8 Å². The predicted molar refractivity (Wildman–Crippen MR) is 377 cm³/mol. The molecule has 0 unspecified atom stereocenters. The van der Waals surface area contributed by atoms with Crippen molar-refractivity contribution in [2.75, 3.05) is 0 Å². The maximum Gasteiger partial charge on any atom is 0.138 e. The van der Waals surface area contributed by atoms with Crippen LogP contribution in [-0.2, 0) is 0 Å². The average Bonchev–Trinajstić information content (AvgIpc) is 3.62. The Hall–Kier alpha value is -9.34. The highest BCUT2D eigenvalue weighted by Crippen LogP contribution is 1.90. The Labute approximate surface area is 546 Å². The predicted octanol–water partition coefficient (Wildman–Crippen LogP) is 16.9. The van der Waals surface area contributed by atoms with E-state index in [0.29, 0.717) is 0 Å². The number of aryl methyl sites for hydroxylation is 10. The van der Waals surface area contributed by atoms with Crippen molar-refractivity contribution in [3.05, 3.63) is 230 Å². The molecular formula is C68H118N22. The van der Waals surface area contributed by atoms with Crippen molar-refractivity contribution < 1.29 is 0 Å². The third kappa shape index (κ3) is 95.0. The molecule has 500 valence electrons. The molecule has 0 aliphatic carbocycles. The molecule has 0 saturated heterocycles. The van der Waals surface area contributed by atoms with E-state index < -0.39 is 0 Å². The molecule has 10 aromatic rings. The second kappa shape index (κ2) is 98.7. The first-order valence-corrected chi connectivity index (χ1v) is 31.0. The summed E-state index contributed by atoms with van der Waals surface area (Å²) in [5.74, 6) is 1.58. The average molecular weight is 1240 g/mol. The van der Waals surface area contributed by atoms with Crippen LogP contribution < -0.4 is 0 Å². The van der Waals surface area contributed by atoms with E-state index in [9.17, 15) is 0 Å². The van der Waals surface area contributed by atoms with Crippen LogP contribution in [0.15, 0.2) is 173 Å². The lowest BCUT2D eigenvalue weighted by atomic mass is 10.3. The van der Waals surface area contributed by atoms with Crippen molar-refractivity contribution in [2.24, 2.45) is 0 Å². The number of hydrogen-bond donors (Lipinski definition) is 0. The lowest BCUT2D eigenvalue weighted by Gasteiger charge is -1.82. The molecule has 10 aromatic heterocycles. The van der Waals surface area contributed by atoms with Crippen LogP contribution in [0.1, 0.15) is 195 Å². The zero-order chi connectivity index (χ0) is 71.1. The van der Waals surface area contributed by atoms with Gasteiger partial charge in [-0.2, -0.15) is 30.6 Å². The van der Waals surface area contributed by atoms with E-state index in [0.717, 1.165) is 51.2 Å². The van der Waals surface area contributed by atoms with Gasteiger partial charge in [0.15, 0.2) is 0 Å². The van der Waals surface area contributed by atoms with Gasteiger partial charge in [0.05, 0.1) is 41.4 Å². The topological polar surface area (TPSA) is 284 Å². The quantitative estimate of drug-likeness (QED) is 0.136. The zero-order valence-corrected chi connectivity index (χ0v) is 61.0. The summed E-state index contributed by atoms with van der Waals surface area (Å²) in [6, 6.07) is 13.3. The maximum absolute atomic E-state index is 3.92. The molecule has 90 heavy (non-hydrogen) atoms. The van der Waals surface area contributed by atoms with Crippen LogP contribution in [0.5, 0.6) is 0 Å². The highest BCUT2D eigenvalue weighted by atomic mass is 15.1. The summed E-state index contributed by atoms with van der Waals surface area (Å²) >= 11 is 0. The number of rotatable bonds is 0. The van der Waals surface area contributed by atoms with Gasteiger partial charge in [-0.15, -0.1) is 10.2 Å². The summed E-state index contributed by atoms with van der Waals surface area (Å²) in [5, 5.41) is 28.8. The van der Waals surface area contributed by atoms with Gasteiger partial charge < -0.3 is 0 Å². The lowest BCUT2D eigenvalue weighted by molar-refractivity contribution is 0.925. The minimum Gasteiger partial charge on any atom is -0.265 e. The van der Waals surface area contributed by atoms with Crippen LogP contribution in [-0.4, -0.2) is 111 Å². The molecule has 0 fully saturated rings. The summed E-state index contributed by atoms with van der Waals surface area (Å²) in [7, 11) is 0. The maximum atomic E-state index is 3.92. The third-order valence-electron chi connectivity index (χ3n) is 6.93. The summed E-state index contributed by atoms with van der Waals surface area (Å²) in [6.07, 6.45) is 34.5. The lowest BCUT2D eigenvalue weighted by Crippen LogP contribution is -1.84. The summed E-state index contributed by atoms with van der Waals surface area (Å²) in [6.45, 7) is 59.1. The fourth-order valence-corrected chi connectivity index (χ4v) is 3.55. The van der Waals surface area contributed by atoms with E-state index >= 15 is 0 Å². The van der Waals surface area contributed by atoms with Crippen LogP contribution in [0.25, 0.3) is 0 Å². The van der Waals surface area contributed by atoms with Gasteiger partial charge in [0.1, 0.15) is 49.6 Å². The Morgan fingerprint density at radius 2 is 0.667 bits per heavy atom. The molecule has 22 nitrogen and oxygen atoms in total. The van der Waals surface area contributed by atoms with Crippen molar-refractivity contribution in [2.45, 2.75) is 208 Å². The van der Waals surface area contributed by atoms with Crippen molar-refractivity contribution in [3.8, 4) is 0 Å². The normalized spacial score (nSPS) is 7.44. The third-order valence-corrected chi connectivity index (χ3v) is 6.93. The summed E-state index contributed by atoms with van der Waals surface area (Å²) in [5.41, 5.74) is 8.19. The Morgan fingerprint density at radius 1 is 0.200 bits per heavy atom. The van der Waals surface area contributed by atoms with Gasteiger partial charge >= 0.3 is 0 Å².